The molecule has 23 heavy (non-hydrogen) atoms. The van der Waals surface area contributed by atoms with Gasteiger partial charge in [-0.05, 0) is 22.0 Å². The fourth-order valence-corrected chi connectivity index (χ4v) is 3.19. The van der Waals surface area contributed by atoms with Gasteiger partial charge in [0, 0.05) is 18.0 Å². The normalized spacial score (nSPS) is 11.8. The molecule has 3 aromatic rings. The van der Waals surface area contributed by atoms with Crippen molar-refractivity contribution >= 4 is 27.8 Å². The van der Waals surface area contributed by atoms with E-state index in [4.69, 9.17) is 0 Å². The second-order valence-corrected chi connectivity index (χ2v) is 5.34. The van der Waals surface area contributed by atoms with Gasteiger partial charge in [-0.3, -0.25) is 14.2 Å². The highest BCUT2D eigenvalue weighted by Crippen LogP contribution is 2.38. The Morgan fingerprint density at radius 2 is 1.96 bits per heavy atom. The maximum atomic E-state index is 12.8. The molecule has 0 aromatic carbocycles. The predicted molar refractivity (Wildman–Crippen MR) is 73.3 cm³/mol. The lowest BCUT2D eigenvalue weighted by molar-refractivity contribution is -0.387. The molecule has 11 heteroatoms. The summed E-state index contributed by atoms with van der Waals surface area (Å²) in [7, 11) is 0. The molecular weight excluding hydrogens is 337 g/mol. The molecule has 0 saturated heterocycles. The van der Waals surface area contributed by atoms with Crippen molar-refractivity contribution in [1.82, 2.24) is 14.4 Å². The third kappa shape index (κ3) is 2.44. The standard InChI is InChI=1S/C12H5F3N4O3S/c13-12(14,15)9(20)8-7(6-1-3-16-4-2-6)18-5-17-10(19(21)22)11(18)23-8/h1-5H. The van der Waals surface area contributed by atoms with Gasteiger partial charge in [-0.2, -0.15) is 13.2 Å². The van der Waals surface area contributed by atoms with Gasteiger partial charge in [0.25, 0.3) is 5.78 Å². The van der Waals surface area contributed by atoms with Gasteiger partial charge in [-0.25, -0.2) is 0 Å². The predicted octanol–water partition coefficient (Wildman–Crippen LogP) is 3.11. The number of rotatable bonds is 3. The summed E-state index contributed by atoms with van der Waals surface area (Å²) in [6, 6.07) is 2.81. The van der Waals surface area contributed by atoms with Crippen molar-refractivity contribution < 1.29 is 22.9 Å². The minimum Gasteiger partial charge on any atom is -0.358 e. The fraction of sp³-hybridized carbons (Fsp3) is 0.0833. The maximum absolute atomic E-state index is 12.8. The minimum atomic E-state index is -5.09. The highest BCUT2D eigenvalue weighted by Gasteiger charge is 2.43. The van der Waals surface area contributed by atoms with Gasteiger partial charge < -0.3 is 10.1 Å². The second kappa shape index (κ2) is 5.12. The summed E-state index contributed by atoms with van der Waals surface area (Å²) in [5.41, 5.74) is 0.168. The molecule has 0 atom stereocenters. The Morgan fingerprint density at radius 1 is 1.30 bits per heavy atom. The number of carbonyl (C=O) groups is 1. The van der Waals surface area contributed by atoms with Crippen LogP contribution in [0.25, 0.3) is 16.1 Å². The van der Waals surface area contributed by atoms with Crippen LogP contribution in [-0.4, -0.2) is 31.3 Å². The van der Waals surface area contributed by atoms with Gasteiger partial charge in [0.05, 0.1) is 5.69 Å². The van der Waals surface area contributed by atoms with Crippen molar-refractivity contribution in [2.45, 2.75) is 6.18 Å². The summed E-state index contributed by atoms with van der Waals surface area (Å²) >= 11 is 0.384. The van der Waals surface area contributed by atoms with E-state index in [0.717, 1.165) is 10.7 Å². The Balaban J connectivity index is 2.34. The van der Waals surface area contributed by atoms with Crippen molar-refractivity contribution in [3.05, 3.63) is 45.8 Å². The molecule has 0 N–H and O–H groups in total. The van der Waals surface area contributed by atoms with Gasteiger partial charge in [-0.15, -0.1) is 11.3 Å². The van der Waals surface area contributed by atoms with Gasteiger partial charge in [0.1, 0.15) is 4.88 Å². The number of halogens is 3. The Bertz CT molecular complexity index is 917. The molecule has 0 aliphatic heterocycles. The third-order valence-electron chi connectivity index (χ3n) is 2.95. The van der Waals surface area contributed by atoms with Crippen molar-refractivity contribution in [2.75, 3.05) is 0 Å². The molecule has 0 amide bonds. The van der Waals surface area contributed by atoms with Gasteiger partial charge in [0.15, 0.2) is 0 Å². The molecule has 3 rings (SSSR count). The number of Topliss-reactive ketones (excluding diaryl/α,β-unsaturated/α-hetero) is 1. The number of nitrogens with zero attached hydrogens (tertiary/aromatic N) is 4. The number of hydrogen-bond donors (Lipinski definition) is 0. The summed E-state index contributed by atoms with van der Waals surface area (Å²) in [6.45, 7) is 0. The lowest BCUT2D eigenvalue weighted by Gasteiger charge is -2.06. The summed E-state index contributed by atoms with van der Waals surface area (Å²) in [4.78, 5) is 28.3. The van der Waals surface area contributed by atoms with Crippen LogP contribution in [0, 0.1) is 10.1 Å². The molecule has 0 spiro atoms. The average molecular weight is 342 g/mol. The van der Waals surface area contributed by atoms with E-state index in [1.54, 1.807) is 0 Å². The largest absolute Gasteiger partial charge is 0.455 e. The number of pyridine rings is 1. The lowest BCUT2D eigenvalue weighted by Crippen LogP contribution is -2.22. The topological polar surface area (TPSA) is 90.4 Å². The Morgan fingerprint density at radius 3 is 2.52 bits per heavy atom. The zero-order valence-electron chi connectivity index (χ0n) is 10.9. The third-order valence-corrected chi connectivity index (χ3v) is 4.11. The van der Waals surface area contributed by atoms with Gasteiger partial charge >= 0.3 is 12.0 Å². The van der Waals surface area contributed by atoms with Crippen LogP contribution >= 0.6 is 11.3 Å². The molecule has 0 saturated carbocycles. The van der Waals surface area contributed by atoms with E-state index in [1.807, 2.05) is 0 Å². The Labute approximate surface area is 129 Å². The van der Waals surface area contributed by atoms with Crippen LogP contribution in [0.15, 0.2) is 30.9 Å². The molecule has 118 valence electrons. The van der Waals surface area contributed by atoms with Crippen molar-refractivity contribution in [3.63, 3.8) is 0 Å². The summed E-state index contributed by atoms with van der Waals surface area (Å²) in [6.07, 6.45) is -1.39. The van der Waals surface area contributed by atoms with E-state index < -0.39 is 27.6 Å². The maximum Gasteiger partial charge on any atom is 0.455 e. The molecular formula is C12H5F3N4O3S. The molecule has 0 fully saturated rings. The number of alkyl halides is 3. The first kappa shape index (κ1) is 15.1. The van der Waals surface area contributed by atoms with E-state index in [0.29, 0.717) is 11.3 Å². The van der Waals surface area contributed by atoms with Crippen molar-refractivity contribution in [2.24, 2.45) is 0 Å². The van der Waals surface area contributed by atoms with Crippen LogP contribution in [-0.2, 0) is 0 Å². The SMILES string of the molecule is O=C(c1sc2c([N+](=O)[O-])ncn2c1-c1ccncc1)C(F)(F)F. The molecule has 0 unspecified atom stereocenters. The average Bonchev–Trinajstić information content (AvgIpc) is 3.04. The van der Waals surface area contributed by atoms with Crippen molar-refractivity contribution in [1.29, 1.82) is 0 Å². The zero-order chi connectivity index (χ0) is 16.8. The number of hydrogen-bond acceptors (Lipinski definition) is 6. The van der Waals surface area contributed by atoms with E-state index in [2.05, 4.69) is 9.97 Å². The summed E-state index contributed by atoms with van der Waals surface area (Å²) in [5, 5.41) is 10.9. The molecule has 0 aliphatic carbocycles. The molecule has 3 aromatic heterocycles. The van der Waals surface area contributed by atoms with Crippen LogP contribution in [0.1, 0.15) is 9.67 Å². The first-order chi connectivity index (χ1) is 10.8. The smallest absolute Gasteiger partial charge is 0.358 e. The fourth-order valence-electron chi connectivity index (χ4n) is 2.02. The lowest BCUT2D eigenvalue weighted by atomic mass is 10.1. The molecule has 0 radical (unpaired) electrons. The Hall–Kier alpha value is -2.82. The molecule has 7 nitrogen and oxygen atoms in total. The molecule has 0 aliphatic rings. The highest BCUT2D eigenvalue weighted by molar-refractivity contribution is 7.20. The van der Waals surface area contributed by atoms with E-state index in [1.165, 1.54) is 24.5 Å². The van der Waals surface area contributed by atoms with E-state index in [9.17, 15) is 28.1 Å². The zero-order valence-corrected chi connectivity index (χ0v) is 11.8. The van der Waals surface area contributed by atoms with E-state index >= 15 is 0 Å². The number of fused-ring (bicyclic) bond motifs is 1. The quantitative estimate of drug-likeness (QED) is 0.414. The number of nitro groups is 1. The van der Waals surface area contributed by atoms with E-state index in [-0.39, 0.29) is 16.1 Å². The number of thiazole rings is 1. The van der Waals surface area contributed by atoms with Crippen LogP contribution in [0.3, 0.4) is 0 Å². The number of ketones is 1. The summed E-state index contributed by atoms with van der Waals surface area (Å²) in [5.74, 6) is -2.67. The number of aromatic nitrogens is 3. The Kier molecular flexibility index (Phi) is 3.36. The van der Waals surface area contributed by atoms with Crippen molar-refractivity contribution in [3.8, 4) is 11.3 Å². The molecule has 0 bridgehead atoms. The van der Waals surface area contributed by atoms with Crippen LogP contribution in [0.5, 0.6) is 0 Å². The monoisotopic (exact) mass is 342 g/mol. The highest BCUT2D eigenvalue weighted by atomic mass is 32.1. The summed E-state index contributed by atoms with van der Waals surface area (Å²) < 4.78 is 39.5. The molecule has 3 heterocycles. The second-order valence-electron chi connectivity index (χ2n) is 4.34. The minimum absolute atomic E-state index is 0.102. The first-order valence-corrected chi connectivity index (χ1v) is 6.78. The van der Waals surface area contributed by atoms with Crippen LogP contribution in [0.4, 0.5) is 19.0 Å². The number of imidazole rings is 1. The van der Waals surface area contributed by atoms with Gasteiger partial charge in [-0.1, -0.05) is 0 Å². The van der Waals surface area contributed by atoms with Gasteiger partial charge in [0.2, 0.25) is 11.2 Å². The number of carbonyl (C=O) groups excluding carboxylic acids is 1. The van der Waals surface area contributed by atoms with Crippen LogP contribution in [0.2, 0.25) is 0 Å². The first-order valence-electron chi connectivity index (χ1n) is 5.97. The van der Waals surface area contributed by atoms with Crippen LogP contribution < -0.4 is 0 Å².